The van der Waals surface area contributed by atoms with Gasteiger partial charge in [-0.15, -0.1) is 11.3 Å². The van der Waals surface area contributed by atoms with Gasteiger partial charge < -0.3 is 11.5 Å². The molecule has 6 heteroatoms. The van der Waals surface area contributed by atoms with Gasteiger partial charge in [0.05, 0.1) is 10.0 Å². The number of thiazole rings is 1. The molecule has 0 saturated carbocycles. The topological polar surface area (TPSA) is 77.8 Å². The summed E-state index contributed by atoms with van der Waals surface area (Å²) in [5.41, 5.74) is 13.7. The van der Waals surface area contributed by atoms with Crippen LogP contribution in [0.25, 0.3) is 0 Å². The second-order valence-electron chi connectivity index (χ2n) is 3.82. The van der Waals surface area contributed by atoms with Crippen LogP contribution in [0.1, 0.15) is 22.3 Å². The van der Waals surface area contributed by atoms with E-state index in [4.69, 9.17) is 23.1 Å². The standard InChI is InChI=1S/C11H13ClN4S/c1-6-5-17-10(16-6)3-9(13)8-2-7(12)4-15-11(8)14/h2,4-5,9H,3,13H2,1H3,(H2,14,15). The zero-order valence-corrected chi connectivity index (χ0v) is 10.9. The molecule has 0 bridgehead atoms. The lowest BCUT2D eigenvalue weighted by Crippen LogP contribution is -2.16. The third-order valence-electron chi connectivity index (χ3n) is 2.38. The summed E-state index contributed by atoms with van der Waals surface area (Å²) in [5.74, 6) is 0.426. The van der Waals surface area contributed by atoms with E-state index >= 15 is 0 Å². The fourth-order valence-electron chi connectivity index (χ4n) is 1.56. The van der Waals surface area contributed by atoms with Crippen molar-refractivity contribution in [2.24, 2.45) is 5.73 Å². The number of hydrogen-bond donors (Lipinski definition) is 2. The molecule has 2 heterocycles. The van der Waals surface area contributed by atoms with E-state index in [1.54, 1.807) is 17.4 Å². The lowest BCUT2D eigenvalue weighted by Gasteiger charge is -2.12. The van der Waals surface area contributed by atoms with Gasteiger partial charge in [-0.05, 0) is 13.0 Å². The summed E-state index contributed by atoms with van der Waals surface area (Å²) in [5, 5.41) is 3.54. The molecule has 17 heavy (non-hydrogen) atoms. The second kappa shape index (κ2) is 5.00. The monoisotopic (exact) mass is 268 g/mol. The minimum absolute atomic E-state index is 0.230. The lowest BCUT2D eigenvalue weighted by molar-refractivity contribution is 0.716. The van der Waals surface area contributed by atoms with Gasteiger partial charge in [-0.2, -0.15) is 0 Å². The van der Waals surface area contributed by atoms with Crippen molar-refractivity contribution < 1.29 is 0 Å². The highest BCUT2D eigenvalue weighted by Crippen LogP contribution is 2.24. The number of halogens is 1. The summed E-state index contributed by atoms with van der Waals surface area (Å²) in [6, 6.07) is 1.53. The van der Waals surface area contributed by atoms with E-state index in [1.807, 2.05) is 12.3 Å². The van der Waals surface area contributed by atoms with Crippen LogP contribution in [-0.2, 0) is 6.42 Å². The molecule has 2 aromatic heterocycles. The summed E-state index contributed by atoms with van der Waals surface area (Å²) in [4.78, 5) is 8.37. The summed E-state index contributed by atoms with van der Waals surface area (Å²) >= 11 is 7.48. The van der Waals surface area contributed by atoms with Crippen molar-refractivity contribution >= 4 is 28.8 Å². The van der Waals surface area contributed by atoms with Crippen molar-refractivity contribution in [3.05, 3.63) is 38.9 Å². The van der Waals surface area contributed by atoms with E-state index in [0.717, 1.165) is 16.3 Å². The first-order valence-electron chi connectivity index (χ1n) is 5.14. The van der Waals surface area contributed by atoms with Crippen molar-refractivity contribution in [1.29, 1.82) is 0 Å². The minimum Gasteiger partial charge on any atom is -0.383 e. The predicted octanol–water partition coefficient (Wildman–Crippen LogP) is 2.32. The molecule has 0 amide bonds. The fourth-order valence-corrected chi connectivity index (χ4v) is 2.56. The zero-order valence-electron chi connectivity index (χ0n) is 9.35. The number of nitrogens with zero attached hydrogens (tertiary/aromatic N) is 2. The van der Waals surface area contributed by atoms with Crippen molar-refractivity contribution in [3.63, 3.8) is 0 Å². The quantitative estimate of drug-likeness (QED) is 0.896. The Bertz CT molecular complexity index is 526. The van der Waals surface area contributed by atoms with Crippen LogP contribution in [0.3, 0.4) is 0 Å². The first-order valence-corrected chi connectivity index (χ1v) is 6.39. The van der Waals surface area contributed by atoms with E-state index in [1.165, 1.54) is 6.20 Å². The molecule has 2 rings (SSSR count). The normalized spacial score (nSPS) is 12.6. The maximum Gasteiger partial charge on any atom is 0.128 e. The maximum absolute atomic E-state index is 6.09. The van der Waals surface area contributed by atoms with Crippen molar-refractivity contribution in [3.8, 4) is 0 Å². The van der Waals surface area contributed by atoms with Gasteiger partial charge in [0.15, 0.2) is 0 Å². The Morgan fingerprint density at radius 3 is 2.94 bits per heavy atom. The lowest BCUT2D eigenvalue weighted by atomic mass is 10.1. The number of rotatable bonds is 3. The number of nitrogen functional groups attached to an aromatic ring is 1. The highest BCUT2D eigenvalue weighted by molar-refractivity contribution is 7.09. The molecule has 4 nitrogen and oxygen atoms in total. The number of hydrogen-bond acceptors (Lipinski definition) is 5. The SMILES string of the molecule is Cc1csc(CC(N)c2cc(Cl)cnc2N)n1. The Kier molecular flexibility index (Phi) is 3.61. The minimum atomic E-state index is -0.230. The van der Waals surface area contributed by atoms with Crippen molar-refractivity contribution in [2.45, 2.75) is 19.4 Å². The summed E-state index contributed by atoms with van der Waals surface area (Å²) in [7, 11) is 0. The van der Waals surface area contributed by atoms with E-state index in [9.17, 15) is 0 Å². The first kappa shape index (κ1) is 12.3. The van der Waals surface area contributed by atoms with E-state index in [0.29, 0.717) is 17.3 Å². The van der Waals surface area contributed by atoms with Crippen LogP contribution in [0, 0.1) is 6.92 Å². The smallest absolute Gasteiger partial charge is 0.128 e. The summed E-state index contributed by atoms with van der Waals surface area (Å²) in [6.45, 7) is 1.96. The predicted molar refractivity (Wildman–Crippen MR) is 71.1 cm³/mol. The molecule has 2 aromatic rings. The van der Waals surface area contributed by atoms with Crippen LogP contribution in [0.2, 0.25) is 5.02 Å². The van der Waals surface area contributed by atoms with Gasteiger partial charge in [0.2, 0.25) is 0 Å². The number of nitrogens with two attached hydrogens (primary N) is 2. The van der Waals surface area contributed by atoms with Gasteiger partial charge in [-0.25, -0.2) is 9.97 Å². The number of pyridine rings is 1. The largest absolute Gasteiger partial charge is 0.383 e. The Morgan fingerprint density at radius 2 is 2.29 bits per heavy atom. The van der Waals surface area contributed by atoms with E-state index < -0.39 is 0 Å². The number of aryl methyl sites for hydroxylation is 1. The van der Waals surface area contributed by atoms with Crippen molar-refractivity contribution in [2.75, 3.05) is 5.73 Å². The molecule has 1 atom stereocenters. The summed E-state index contributed by atoms with van der Waals surface area (Å²) in [6.07, 6.45) is 2.16. The molecule has 0 saturated heterocycles. The fraction of sp³-hybridized carbons (Fsp3) is 0.273. The number of aromatic nitrogens is 2. The summed E-state index contributed by atoms with van der Waals surface area (Å²) < 4.78 is 0. The van der Waals surface area contributed by atoms with Crippen LogP contribution in [0.5, 0.6) is 0 Å². The molecule has 0 aromatic carbocycles. The second-order valence-corrected chi connectivity index (χ2v) is 5.20. The maximum atomic E-state index is 6.09. The van der Waals surface area contributed by atoms with Gasteiger partial charge in [0.1, 0.15) is 5.82 Å². The van der Waals surface area contributed by atoms with Crippen LogP contribution in [-0.4, -0.2) is 9.97 Å². The molecule has 1 unspecified atom stereocenters. The van der Waals surface area contributed by atoms with Gasteiger partial charge >= 0.3 is 0 Å². The molecule has 90 valence electrons. The first-order chi connectivity index (χ1) is 8.06. The van der Waals surface area contributed by atoms with E-state index in [-0.39, 0.29) is 6.04 Å². The molecule has 4 N–H and O–H groups in total. The Morgan fingerprint density at radius 1 is 1.53 bits per heavy atom. The van der Waals surface area contributed by atoms with Gasteiger partial charge in [0.25, 0.3) is 0 Å². The van der Waals surface area contributed by atoms with Crippen LogP contribution < -0.4 is 11.5 Å². The molecule has 0 aliphatic heterocycles. The highest BCUT2D eigenvalue weighted by Gasteiger charge is 2.13. The average molecular weight is 269 g/mol. The molecular formula is C11H13ClN4S. The third-order valence-corrected chi connectivity index (χ3v) is 3.57. The Balaban J connectivity index is 2.19. The Hall–Kier alpha value is -1.17. The van der Waals surface area contributed by atoms with Gasteiger partial charge in [-0.3, -0.25) is 0 Å². The van der Waals surface area contributed by atoms with Crippen LogP contribution in [0.15, 0.2) is 17.6 Å². The van der Waals surface area contributed by atoms with Gasteiger partial charge in [-0.1, -0.05) is 11.6 Å². The molecule has 0 radical (unpaired) electrons. The molecule has 0 aliphatic rings. The molecule has 0 fully saturated rings. The molecular weight excluding hydrogens is 256 g/mol. The van der Waals surface area contributed by atoms with E-state index in [2.05, 4.69) is 9.97 Å². The van der Waals surface area contributed by atoms with Crippen LogP contribution >= 0.6 is 22.9 Å². The van der Waals surface area contributed by atoms with Crippen LogP contribution in [0.4, 0.5) is 5.82 Å². The third kappa shape index (κ3) is 2.94. The Labute approximate surface area is 109 Å². The highest BCUT2D eigenvalue weighted by atomic mass is 35.5. The molecule has 0 aliphatic carbocycles. The zero-order chi connectivity index (χ0) is 12.4. The van der Waals surface area contributed by atoms with Gasteiger partial charge in [0, 0.05) is 35.3 Å². The average Bonchev–Trinajstić information content (AvgIpc) is 2.67. The number of anilines is 1. The van der Waals surface area contributed by atoms with Crippen molar-refractivity contribution in [1.82, 2.24) is 9.97 Å². The molecule has 0 spiro atoms.